The summed E-state index contributed by atoms with van der Waals surface area (Å²) >= 11 is 1.72. The van der Waals surface area contributed by atoms with Crippen molar-refractivity contribution in [2.24, 2.45) is 0 Å². The Hall–Kier alpha value is -2.99. The van der Waals surface area contributed by atoms with Gasteiger partial charge < -0.3 is 15.2 Å². The Morgan fingerprint density at radius 3 is 2.12 bits per heavy atom. The highest BCUT2D eigenvalue weighted by atomic mass is 32.2. The van der Waals surface area contributed by atoms with Crippen molar-refractivity contribution in [1.82, 2.24) is 10.4 Å². The minimum absolute atomic E-state index is 0.0586. The van der Waals surface area contributed by atoms with E-state index in [0.717, 1.165) is 35.4 Å². The Labute approximate surface area is 201 Å². The van der Waals surface area contributed by atoms with Crippen LogP contribution in [0, 0.1) is 12.8 Å². The van der Waals surface area contributed by atoms with Crippen LogP contribution in [0.3, 0.4) is 0 Å². The number of benzene rings is 2. The number of hydrogen-bond acceptors (Lipinski definition) is 6. The molecule has 1 saturated heterocycles. The first-order valence-electron chi connectivity index (χ1n) is 10.6. The predicted octanol–water partition coefficient (Wildman–Crippen LogP) is 4.67. The highest BCUT2D eigenvalue weighted by molar-refractivity contribution is 7.99. The number of rotatable bonds is 2. The fourth-order valence-corrected chi connectivity index (χ4v) is 3.81. The quantitative estimate of drug-likeness (QED) is 0.546. The highest BCUT2D eigenvalue weighted by Gasteiger charge is 2.23. The zero-order valence-electron chi connectivity index (χ0n) is 20.0. The van der Waals surface area contributed by atoms with Gasteiger partial charge in [-0.05, 0) is 29.8 Å². The molecule has 4 rings (SSSR count). The number of hydrogen-bond donors (Lipinski definition) is 3. The van der Waals surface area contributed by atoms with E-state index in [1.165, 1.54) is 6.54 Å². The number of carbonyl (C=O) groups excluding carboxylic acids is 1. The van der Waals surface area contributed by atoms with E-state index in [0.29, 0.717) is 6.42 Å². The molecule has 1 amide bonds. The molecule has 2 aliphatic rings. The average Bonchev–Trinajstić information content (AvgIpc) is 2.98. The van der Waals surface area contributed by atoms with Gasteiger partial charge in [0.1, 0.15) is 5.75 Å². The molecule has 7 nitrogen and oxygen atoms in total. The molecule has 1 fully saturated rings. The number of thioether (sulfide) groups is 1. The van der Waals surface area contributed by atoms with Gasteiger partial charge in [-0.1, -0.05) is 38.1 Å². The molecule has 180 valence electrons. The molecule has 33 heavy (non-hydrogen) atoms. The summed E-state index contributed by atoms with van der Waals surface area (Å²) < 4.78 is 5.17. The van der Waals surface area contributed by atoms with Gasteiger partial charge in [0.25, 0.3) is 5.97 Å². The molecule has 0 unspecified atom stereocenters. The number of nitrogens with one attached hydrogen (secondary N) is 2. The summed E-state index contributed by atoms with van der Waals surface area (Å²) in [6.45, 7) is 7.45. The third-order valence-electron chi connectivity index (χ3n) is 4.12. The number of anilines is 1. The molecule has 2 aromatic carbocycles. The van der Waals surface area contributed by atoms with E-state index in [2.05, 4.69) is 28.6 Å². The van der Waals surface area contributed by atoms with Gasteiger partial charge in [0.05, 0.1) is 12.8 Å². The molecule has 0 aliphatic carbocycles. The van der Waals surface area contributed by atoms with Crippen LogP contribution in [-0.4, -0.2) is 49.2 Å². The first-order chi connectivity index (χ1) is 15.9. The number of carboxylic acids is 1. The van der Waals surface area contributed by atoms with Gasteiger partial charge in [-0.3, -0.25) is 15.0 Å². The van der Waals surface area contributed by atoms with Crippen molar-refractivity contribution in [3.63, 3.8) is 0 Å². The van der Waals surface area contributed by atoms with Crippen molar-refractivity contribution >= 4 is 29.3 Å². The highest BCUT2D eigenvalue weighted by Crippen LogP contribution is 2.43. The minimum atomic E-state index is -0.833. The molecule has 0 saturated carbocycles. The monoisotopic (exact) mass is 473 g/mol. The van der Waals surface area contributed by atoms with Crippen LogP contribution >= 0.6 is 11.8 Å². The maximum Gasteiger partial charge on any atom is 0.300 e. The number of methoxy groups -OCH3 is 1. The Morgan fingerprint density at radius 2 is 1.67 bits per heavy atom. The molecule has 8 heteroatoms. The lowest BCUT2D eigenvalue weighted by Crippen LogP contribution is -2.50. The second kappa shape index (κ2) is 17.6. The fraction of sp³-hybridized carbons (Fsp3) is 0.360. The number of ether oxygens (including phenoxy) is 1. The molecule has 0 radical (unpaired) electrons. The molecule has 0 spiro atoms. The van der Waals surface area contributed by atoms with Gasteiger partial charge in [0.15, 0.2) is 0 Å². The van der Waals surface area contributed by atoms with Crippen molar-refractivity contribution in [2.45, 2.75) is 37.3 Å². The summed E-state index contributed by atoms with van der Waals surface area (Å²) in [5.41, 5.74) is 5.08. The van der Waals surface area contributed by atoms with Gasteiger partial charge in [-0.25, -0.2) is 5.01 Å². The number of carbonyl (C=O) groups is 2. The van der Waals surface area contributed by atoms with E-state index in [1.54, 1.807) is 18.9 Å². The van der Waals surface area contributed by atoms with Crippen LogP contribution in [0.4, 0.5) is 5.69 Å². The summed E-state index contributed by atoms with van der Waals surface area (Å²) in [6.07, 6.45) is 8.48. The van der Waals surface area contributed by atoms with Crippen LogP contribution in [0.2, 0.25) is 0 Å². The molecular weight excluding hydrogens is 438 g/mol. The number of carboxylic acid groups (broad SMARTS) is 1. The number of para-hydroxylation sites is 1. The van der Waals surface area contributed by atoms with Crippen molar-refractivity contribution in [2.75, 3.05) is 32.6 Å². The smallest absolute Gasteiger partial charge is 0.300 e. The summed E-state index contributed by atoms with van der Waals surface area (Å²) in [6, 6.07) is 15.8. The van der Waals surface area contributed by atoms with Crippen LogP contribution in [0.5, 0.6) is 5.75 Å². The topological polar surface area (TPSA) is 90.9 Å². The van der Waals surface area contributed by atoms with Crippen LogP contribution < -0.4 is 15.5 Å². The van der Waals surface area contributed by atoms with Crippen molar-refractivity contribution < 1.29 is 19.4 Å². The summed E-state index contributed by atoms with van der Waals surface area (Å²) in [4.78, 5) is 22.1. The minimum Gasteiger partial charge on any atom is -0.497 e. The fourth-order valence-electron chi connectivity index (χ4n) is 2.58. The Morgan fingerprint density at radius 1 is 1.15 bits per heavy atom. The number of nitrogens with zero attached hydrogens (tertiary/aromatic N) is 1. The maximum atomic E-state index is 12.0. The van der Waals surface area contributed by atoms with Gasteiger partial charge in [0.2, 0.25) is 5.91 Å². The average molecular weight is 474 g/mol. The lowest BCUT2D eigenvalue weighted by atomic mass is 10.1. The van der Waals surface area contributed by atoms with Crippen molar-refractivity contribution in [1.29, 1.82) is 0 Å². The number of amides is 1. The standard InChI is InChI=1S/C16H15NO2S.C3H8N2.C2H4O2.C2H6.C2H2/c1-19-12-8-6-11(7-9-12)15-10-16(18)17-13-4-2-3-5-14(13)20-15;1-5-3-2-4-5;1-2(3)4;2*1-2/h2-9,15H,10H2,1H3,(H,17,18);4H,2-3H2,1H3;1H3,(H,3,4);1-2H3;1-2H/t15-;;;;/m1..../s1. The lowest BCUT2D eigenvalue weighted by Gasteiger charge is -2.26. The molecule has 2 aliphatic heterocycles. The Bertz CT molecular complexity index is 848. The van der Waals surface area contributed by atoms with Gasteiger partial charge in [0, 0.05) is 43.6 Å². The van der Waals surface area contributed by atoms with Crippen molar-refractivity contribution in [3.8, 4) is 18.6 Å². The molecule has 0 bridgehead atoms. The number of hydrazine groups is 1. The SMILES string of the molecule is C#C.CC.CC(=O)O.CN1CCN1.COc1ccc([C@H]2CC(=O)Nc3ccccc3S2)cc1. The third kappa shape index (κ3) is 12.0. The van der Waals surface area contributed by atoms with Gasteiger partial charge in [-0.2, -0.15) is 0 Å². The van der Waals surface area contributed by atoms with Crippen LogP contribution in [-0.2, 0) is 9.59 Å². The van der Waals surface area contributed by atoms with E-state index in [-0.39, 0.29) is 11.2 Å². The van der Waals surface area contributed by atoms with Gasteiger partial charge >= 0.3 is 0 Å². The predicted molar refractivity (Wildman–Crippen MR) is 136 cm³/mol. The number of likely N-dealkylation sites (N-methyl/N-ethyl adjacent to an activating group) is 1. The molecule has 2 aromatic rings. The Balaban J connectivity index is 0.000000652. The normalized spacial score (nSPS) is 15.7. The molecular formula is C25H35N3O4S. The van der Waals surface area contributed by atoms with E-state index in [4.69, 9.17) is 14.6 Å². The van der Waals surface area contributed by atoms with E-state index < -0.39 is 5.97 Å². The molecule has 2 heterocycles. The first kappa shape index (κ1) is 30.0. The van der Waals surface area contributed by atoms with E-state index in [9.17, 15) is 4.79 Å². The van der Waals surface area contributed by atoms with E-state index >= 15 is 0 Å². The first-order valence-corrected chi connectivity index (χ1v) is 11.4. The summed E-state index contributed by atoms with van der Waals surface area (Å²) in [5, 5.41) is 12.6. The third-order valence-corrected chi connectivity index (χ3v) is 5.45. The number of terminal acetylenes is 1. The van der Waals surface area contributed by atoms with Gasteiger partial charge in [-0.15, -0.1) is 24.6 Å². The van der Waals surface area contributed by atoms with E-state index in [1.807, 2.05) is 69.4 Å². The molecule has 1 atom stereocenters. The maximum absolute atomic E-state index is 12.0. The largest absolute Gasteiger partial charge is 0.497 e. The number of aliphatic carboxylic acids is 1. The zero-order chi connectivity index (χ0) is 25.2. The second-order valence-corrected chi connectivity index (χ2v) is 7.72. The Kier molecular flexibility index (Phi) is 16.0. The summed E-state index contributed by atoms with van der Waals surface area (Å²) in [5.74, 6) is 0.0560. The molecule has 0 aromatic heterocycles. The summed E-state index contributed by atoms with van der Waals surface area (Å²) in [7, 11) is 3.68. The lowest BCUT2D eigenvalue weighted by molar-refractivity contribution is -0.134. The van der Waals surface area contributed by atoms with Crippen LogP contribution in [0.15, 0.2) is 53.4 Å². The number of fused-ring (bicyclic) bond motifs is 1. The molecule has 3 N–H and O–H groups in total. The van der Waals surface area contributed by atoms with Crippen LogP contribution in [0.1, 0.15) is 38.0 Å². The van der Waals surface area contributed by atoms with Crippen LogP contribution in [0.25, 0.3) is 0 Å². The zero-order valence-corrected chi connectivity index (χ0v) is 20.8. The second-order valence-electron chi connectivity index (χ2n) is 6.48. The van der Waals surface area contributed by atoms with Crippen molar-refractivity contribution in [3.05, 3.63) is 54.1 Å².